The quantitative estimate of drug-likeness (QED) is 0.855. The van der Waals surface area contributed by atoms with E-state index in [0.29, 0.717) is 6.54 Å². The van der Waals surface area contributed by atoms with Crippen molar-refractivity contribution in [3.8, 4) is 5.75 Å². The summed E-state index contributed by atoms with van der Waals surface area (Å²) in [4.78, 5) is 14.4. The van der Waals surface area contributed by atoms with E-state index in [1.54, 1.807) is 0 Å². The first-order valence-corrected chi connectivity index (χ1v) is 9.42. The van der Waals surface area contributed by atoms with Crippen LogP contribution in [-0.4, -0.2) is 25.6 Å². The lowest BCUT2D eigenvalue weighted by Crippen LogP contribution is -2.29. The van der Waals surface area contributed by atoms with Crippen molar-refractivity contribution in [1.82, 2.24) is 5.32 Å². The Hall–Kier alpha value is -2.49. The van der Waals surface area contributed by atoms with E-state index in [9.17, 15) is 4.79 Å². The predicted molar refractivity (Wildman–Crippen MR) is 106 cm³/mol. The first-order chi connectivity index (χ1) is 12.6. The first-order valence-electron chi connectivity index (χ1n) is 9.42. The minimum Gasteiger partial charge on any atom is -0.484 e. The van der Waals surface area contributed by atoms with Gasteiger partial charge in [-0.3, -0.25) is 4.79 Å². The third kappa shape index (κ3) is 5.01. The van der Waals surface area contributed by atoms with E-state index in [2.05, 4.69) is 41.4 Å². The van der Waals surface area contributed by atoms with Gasteiger partial charge in [-0.25, -0.2) is 0 Å². The number of carbonyl (C=O) groups is 1. The van der Waals surface area contributed by atoms with Gasteiger partial charge >= 0.3 is 0 Å². The van der Waals surface area contributed by atoms with Crippen molar-refractivity contribution in [2.24, 2.45) is 0 Å². The fourth-order valence-electron chi connectivity index (χ4n) is 3.18. The number of amides is 1. The molecule has 0 aliphatic carbocycles. The monoisotopic (exact) mass is 352 g/mol. The number of nitrogens with zero attached hydrogens (tertiary/aromatic N) is 1. The van der Waals surface area contributed by atoms with E-state index in [1.807, 2.05) is 25.1 Å². The van der Waals surface area contributed by atoms with Gasteiger partial charge in [-0.2, -0.15) is 0 Å². The summed E-state index contributed by atoms with van der Waals surface area (Å²) >= 11 is 0. The number of hydrogen-bond donors (Lipinski definition) is 1. The second-order valence-electron chi connectivity index (χ2n) is 7.03. The molecular formula is C22H28N2O2. The number of ether oxygens (including phenoxy) is 1. The lowest BCUT2D eigenvalue weighted by Gasteiger charge is -2.28. The molecule has 1 fully saturated rings. The number of hydrogen-bond acceptors (Lipinski definition) is 3. The van der Waals surface area contributed by atoms with Gasteiger partial charge in [0.1, 0.15) is 5.75 Å². The molecule has 0 unspecified atom stereocenters. The second-order valence-corrected chi connectivity index (χ2v) is 7.03. The van der Waals surface area contributed by atoms with Crippen LogP contribution in [-0.2, 0) is 11.3 Å². The highest BCUT2D eigenvalue weighted by Gasteiger charge is 2.10. The summed E-state index contributed by atoms with van der Waals surface area (Å²) in [7, 11) is 0. The Morgan fingerprint density at radius 2 is 1.73 bits per heavy atom. The molecule has 0 atom stereocenters. The fraction of sp³-hybridized carbons (Fsp3) is 0.409. The highest BCUT2D eigenvalue weighted by molar-refractivity contribution is 5.77. The Balaban J connectivity index is 1.44. The van der Waals surface area contributed by atoms with Crippen molar-refractivity contribution in [3.05, 3.63) is 59.2 Å². The maximum Gasteiger partial charge on any atom is 0.258 e. The standard InChI is InChI=1S/C22H28N2O2/c1-17-6-11-21(14-18(17)2)26-16-22(25)23-15-19-7-9-20(10-8-19)24-12-4-3-5-13-24/h6-11,14H,3-5,12-13,15-16H2,1-2H3,(H,23,25). The van der Waals surface area contributed by atoms with E-state index >= 15 is 0 Å². The number of rotatable bonds is 6. The van der Waals surface area contributed by atoms with Crippen LogP contribution in [0, 0.1) is 13.8 Å². The predicted octanol–water partition coefficient (Wildman–Crippen LogP) is 3.99. The van der Waals surface area contributed by atoms with Crippen LogP contribution in [0.2, 0.25) is 0 Å². The maximum atomic E-state index is 12.0. The Kier molecular flexibility index (Phi) is 6.16. The van der Waals surface area contributed by atoms with Crippen LogP contribution in [0.3, 0.4) is 0 Å². The zero-order valence-electron chi connectivity index (χ0n) is 15.8. The normalized spacial score (nSPS) is 14.2. The Labute approximate surface area is 156 Å². The van der Waals surface area contributed by atoms with Gasteiger partial charge in [0.05, 0.1) is 0 Å². The third-order valence-electron chi connectivity index (χ3n) is 5.00. The summed E-state index contributed by atoms with van der Waals surface area (Å²) in [6.45, 7) is 6.94. The molecule has 0 aromatic heterocycles. The van der Waals surface area contributed by atoms with Crippen LogP contribution in [0.5, 0.6) is 5.75 Å². The molecule has 1 N–H and O–H groups in total. The minimum atomic E-state index is -0.108. The van der Waals surface area contributed by atoms with E-state index < -0.39 is 0 Å². The molecule has 4 nitrogen and oxygen atoms in total. The molecule has 3 rings (SSSR count). The number of anilines is 1. The summed E-state index contributed by atoms with van der Waals surface area (Å²) in [5.41, 5.74) is 4.76. The lowest BCUT2D eigenvalue weighted by atomic mass is 10.1. The molecule has 26 heavy (non-hydrogen) atoms. The molecule has 1 saturated heterocycles. The van der Waals surface area contributed by atoms with Gasteiger partial charge in [-0.15, -0.1) is 0 Å². The van der Waals surface area contributed by atoms with Gasteiger partial charge < -0.3 is 15.0 Å². The molecule has 2 aromatic rings. The molecule has 1 heterocycles. The van der Waals surface area contributed by atoms with Crippen LogP contribution in [0.25, 0.3) is 0 Å². The zero-order valence-corrected chi connectivity index (χ0v) is 15.8. The van der Waals surface area contributed by atoms with Gasteiger partial charge in [0.2, 0.25) is 0 Å². The van der Waals surface area contributed by atoms with Crippen LogP contribution in [0.4, 0.5) is 5.69 Å². The largest absolute Gasteiger partial charge is 0.484 e. The van der Waals surface area contributed by atoms with E-state index in [1.165, 1.54) is 30.5 Å². The molecular weight excluding hydrogens is 324 g/mol. The average Bonchev–Trinajstić information content (AvgIpc) is 2.68. The summed E-state index contributed by atoms with van der Waals surface area (Å²) in [6, 6.07) is 14.4. The Bertz CT molecular complexity index is 734. The van der Waals surface area contributed by atoms with Crippen molar-refractivity contribution < 1.29 is 9.53 Å². The van der Waals surface area contributed by atoms with E-state index in [4.69, 9.17) is 4.74 Å². The number of aryl methyl sites for hydroxylation is 2. The zero-order chi connectivity index (χ0) is 18.4. The third-order valence-corrected chi connectivity index (χ3v) is 5.00. The molecule has 1 aliphatic rings. The van der Waals surface area contributed by atoms with Crippen molar-refractivity contribution >= 4 is 11.6 Å². The van der Waals surface area contributed by atoms with Gasteiger partial charge in [0.25, 0.3) is 5.91 Å². The molecule has 1 aliphatic heterocycles. The first kappa shape index (κ1) is 18.3. The van der Waals surface area contributed by atoms with Crippen molar-refractivity contribution in [2.45, 2.75) is 39.7 Å². The maximum absolute atomic E-state index is 12.0. The van der Waals surface area contributed by atoms with Gasteiger partial charge in [-0.1, -0.05) is 18.2 Å². The second kappa shape index (κ2) is 8.75. The molecule has 1 amide bonds. The molecule has 2 aromatic carbocycles. The summed E-state index contributed by atoms with van der Waals surface area (Å²) < 4.78 is 5.57. The topological polar surface area (TPSA) is 41.6 Å². The molecule has 0 spiro atoms. The van der Waals surface area contributed by atoms with Crippen LogP contribution in [0.1, 0.15) is 36.0 Å². The molecule has 0 radical (unpaired) electrons. The van der Waals surface area contributed by atoms with Gasteiger partial charge in [-0.05, 0) is 74.1 Å². The summed E-state index contributed by atoms with van der Waals surface area (Å²) in [5, 5.41) is 2.92. The molecule has 0 saturated carbocycles. The van der Waals surface area contributed by atoms with Gasteiger partial charge in [0, 0.05) is 25.3 Å². The van der Waals surface area contributed by atoms with Crippen molar-refractivity contribution in [1.29, 1.82) is 0 Å². The van der Waals surface area contributed by atoms with Crippen molar-refractivity contribution in [2.75, 3.05) is 24.6 Å². The average molecular weight is 352 g/mol. The molecule has 0 bridgehead atoms. The number of piperidine rings is 1. The highest BCUT2D eigenvalue weighted by Crippen LogP contribution is 2.20. The van der Waals surface area contributed by atoms with E-state index in [0.717, 1.165) is 30.0 Å². The number of nitrogens with one attached hydrogen (secondary N) is 1. The minimum absolute atomic E-state index is 0.0361. The Morgan fingerprint density at radius 3 is 2.42 bits per heavy atom. The molecule has 138 valence electrons. The molecule has 4 heteroatoms. The van der Waals surface area contributed by atoms with Crippen molar-refractivity contribution in [3.63, 3.8) is 0 Å². The van der Waals surface area contributed by atoms with Crippen LogP contribution in [0.15, 0.2) is 42.5 Å². The van der Waals surface area contributed by atoms with Gasteiger partial charge in [0.15, 0.2) is 6.61 Å². The SMILES string of the molecule is Cc1ccc(OCC(=O)NCc2ccc(N3CCCCC3)cc2)cc1C. The smallest absolute Gasteiger partial charge is 0.258 e. The number of benzene rings is 2. The highest BCUT2D eigenvalue weighted by atomic mass is 16.5. The van der Waals surface area contributed by atoms with E-state index in [-0.39, 0.29) is 12.5 Å². The number of carbonyl (C=O) groups excluding carboxylic acids is 1. The summed E-state index contributed by atoms with van der Waals surface area (Å²) in [5.74, 6) is 0.623. The van der Waals surface area contributed by atoms with Crippen LogP contribution < -0.4 is 15.0 Å². The fourth-order valence-corrected chi connectivity index (χ4v) is 3.18. The lowest BCUT2D eigenvalue weighted by molar-refractivity contribution is -0.123. The van der Waals surface area contributed by atoms with Crippen LogP contribution >= 0.6 is 0 Å². The summed E-state index contributed by atoms with van der Waals surface area (Å²) in [6.07, 6.45) is 3.89. The Morgan fingerprint density at radius 1 is 1.00 bits per heavy atom.